The van der Waals surface area contributed by atoms with Crippen LogP contribution in [0.3, 0.4) is 0 Å². The summed E-state index contributed by atoms with van der Waals surface area (Å²) >= 11 is 0. The Hall–Kier alpha value is -4.58. The molecule has 9 nitrogen and oxygen atoms in total. The molecule has 184 valence electrons. The molecule has 0 aliphatic heterocycles. The maximum Gasteiger partial charge on any atom is 2.00 e. The van der Waals surface area contributed by atoms with Crippen molar-refractivity contribution in [3.63, 3.8) is 0 Å². The van der Waals surface area contributed by atoms with Crippen LogP contribution in [0.1, 0.15) is 6.92 Å². The molecular formula is C27H22N8ORu. The van der Waals surface area contributed by atoms with Crippen LogP contribution in [-0.2, 0) is 19.5 Å². The fourth-order valence-electron chi connectivity index (χ4n) is 3.21. The Morgan fingerprint density at radius 2 is 1.08 bits per heavy atom. The Bertz CT molecular complexity index is 1450. The second kappa shape index (κ2) is 13.5. The number of nitrogens with one attached hydrogen (secondary N) is 2. The number of allylic oxidation sites excluding steroid dienone is 4. The number of hydrogen-bond acceptors (Lipinski definition) is 6. The maximum absolute atomic E-state index is 7.32. The van der Waals surface area contributed by atoms with Crippen molar-refractivity contribution < 1.29 is 25.0 Å². The molecule has 0 fully saturated rings. The van der Waals surface area contributed by atoms with Crippen LogP contribution in [0.5, 0.6) is 0 Å². The van der Waals surface area contributed by atoms with E-state index < -0.39 is 0 Å². The van der Waals surface area contributed by atoms with Gasteiger partial charge in [-0.25, -0.2) is 4.98 Å². The van der Waals surface area contributed by atoms with Gasteiger partial charge in [0.05, 0.1) is 28.9 Å². The normalized spacial score (nSPS) is 11.4. The molecule has 3 heterocycles. The van der Waals surface area contributed by atoms with Crippen molar-refractivity contribution >= 4 is 33.5 Å². The Kier molecular flexibility index (Phi) is 10.5. The summed E-state index contributed by atoms with van der Waals surface area (Å²) in [6.45, 7) is 1.43. The molecule has 1 aliphatic rings. The van der Waals surface area contributed by atoms with Crippen molar-refractivity contribution in [2.75, 3.05) is 0 Å². The third kappa shape index (κ3) is 6.98. The van der Waals surface area contributed by atoms with Crippen LogP contribution in [0.25, 0.3) is 45.1 Å². The molecular weight excluding hydrogens is 553 g/mol. The topological polar surface area (TPSA) is 170 Å². The summed E-state index contributed by atoms with van der Waals surface area (Å²) in [4.78, 5) is 22.8. The van der Waals surface area contributed by atoms with Gasteiger partial charge in [-0.05, 0) is 58.0 Å². The van der Waals surface area contributed by atoms with Gasteiger partial charge in [0.1, 0.15) is 0 Å². The predicted molar refractivity (Wildman–Crippen MR) is 141 cm³/mol. The van der Waals surface area contributed by atoms with Gasteiger partial charge in [0, 0.05) is 6.92 Å². The molecule has 0 atom stereocenters. The Balaban J connectivity index is 0.000000315. The van der Waals surface area contributed by atoms with Gasteiger partial charge in [-0.2, -0.15) is 5.26 Å². The molecule has 0 bridgehead atoms. The molecule has 0 unspecified atom stereocenters. The van der Waals surface area contributed by atoms with E-state index in [-0.39, 0.29) is 36.4 Å². The molecule has 4 N–H and O–H groups in total. The number of pyridine rings is 1. The minimum absolute atomic E-state index is 0. The van der Waals surface area contributed by atoms with Gasteiger partial charge in [0.25, 0.3) is 0 Å². The molecule has 0 amide bonds. The van der Waals surface area contributed by atoms with E-state index in [4.69, 9.17) is 16.1 Å². The Labute approximate surface area is 226 Å². The van der Waals surface area contributed by atoms with Crippen LogP contribution in [0, 0.1) is 22.1 Å². The number of rotatable bonds is 2. The number of benzene rings is 2. The zero-order chi connectivity index (χ0) is 24.6. The van der Waals surface area contributed by atoms with E-state index in [2.05, 4.69) is 24.9 Å². The van der Waals surface area contributed by atoms with Crippen molar-refractivity contribution in [1.82, 2.24) is 24.9 Å². The van der Waals surface area contributed by atoms with Crippen LogP contribution < -0.4 is 9.97 Å². The van der Waals surface area contributed by atoms with Gasteiger partial charge >= 0.3 is 19.5 Å². The van der Waals surface area contributed by atoms with Gasteiger partial charge in [0.2, 0.25) is 0 Å². The number of para-hydroxylation sites is 4. The first kappa shape index (κ1) is 28.7. The Morgan fingerprint density at radius 1 is 0.676 bits per heavy atom. The molecule has 10 heteroatoms. The second-order valence-electron chi connectivity index (χ2n) is 7.25. The number of nitrogens with zero attached hydrogens (tertiary/aromatic N) is 6. The van der Waals surface area contributed by atoms with E-state index >= 15 is 0 Å². The number of imidazole rings is 2. The molecule has 5 aromatic rings. The number of hydrogen-bond donors (Lipinski definition) is 2. The minimum Gasteiger partial charge on any atom is -0.434 e. The zero-order valence-electron chi connectivity index (χ0n) is 19.7. The van der Waals surface area contributed by atoms with Crippen molar-refractivity contribution in [3.8, 4) is 29.1 Å². The van der Waals surface area contributed by atoms with Gasteiger partial charge in [0.15, 0.2) is 0 Å². The number of aromatic nitrogens is 5. The first-order chi connectivity index (χ1) is 17.1. The van der Waals surface area contributed by atoms with E-state index in [1.165, 1.54) is 6.92 Å². The van der Waals surface area contributed by atoms with E-state index in [1.807, 2.05) is 66.7 Å². The SMILES string of the molecule is CC#N.N=C1C=CC=CC1=N.O.[Ru+2].c1cc(-c2nc3ccccc3[n-]2)nc(-c2nc3ccccc3[n-]2)c1. The summed E-state index contributed by atoms with van der Waals surface area (Å²) in [6.07, 6.45) is 6.70. The molecule has 3 aromatic heterocycles. The van der Waals surface area contributed by atoms with Crippen LogP contribution in [-0.4, -0.2) is 31.9 Å². The molecule has 2 aromatic carbocycles. The molecule has 0 saturated carbocycles. The molecule has 0 saturated heterocycles. The summed E-state index contributed by atoms with van der Waals surface area (Å²) in [6, 6.07) is 23.1. The van der Waals surface area contributed by atoms with Crippen molar-refractivity contribution in [2.45, 2.75) is 6.92 Å². The molecule has 6 rings (SSSR count). The van der Waals surface area contributed by atoms with Crippen molar-refractivity contribution in [3.05, 3.63) is 91.0 Å². The minimum atomic E-state index is 0. The first-order valence-corrected chi connectivity index (χ1v) is 10.7. The van der Waals surface area contributed by atoms with Crippen LogP contribution >= 0.6 is 0 Å². The van der Waals surface area contributed by atoms with Crippen molar-refractivity contribution in [2.24, 2.45) is 0 Å². The van der Waals surface area contributed by atoms with E-state index in [0.717, 1.165) is 33.5 Å². The fraction of sp³-hybridized carbons (Fsp3) is 0.0370. The van der Waals surface area contributed by atoms with Crippen LogP contribution in [0.2, 0.25) is 0 Å². The summed E-state index contributed by atoms with van der Waals surface area (Å²) < 4.78 is 0. The van der Waals surface area contributed by atoms with Crippen molar-refractivity contribution in [1.29, 1.82) is 16.1 Å². The quantitative estimate of drug-likeness (QED) is 0.235. The summed E-state index contributed by atoms with van der Waals surface area (Å²) in [5.41, 5.74) is 5.49. The average molecular weight is 576 g/mol. The van der Waals surface area contributed by atoms with E-state index in [1.54, 1.807) is 30.4 Å². The smallest absolute Gasteiger partial charge is 0.434 e. The molecule has 37 heavy (non-hydrogen) atoms. The first-order valence-electron chi connectivity index (χ1n) is 10.7. The predicted octanol–water partition coefficient (Wildman–Crippen LogP) is 4.28. The molecule has 0 radical (unpaired) electrons. The molecule has 0 spiro atoms. The summed E-state index contributed by atoms with van der Waals surface area (Å²) in [5, 5.41) is 21.4. The zero-order valence-corrected chi connectivity index (χ0v) is 21.4. The standard InChI is InChI=1S/C19H11N5.C6H6N2.C2H3N.H2O.Ru/c1-2-7-13-12(6-1)21-18(22-13)16-10-5-11-17(20-16)19-23-14-8-3-4-9-15(14)24-19;7-5-3-1-2-4-6(5)8;1-2-3;;/h1-11H;1-4,7-8H;1H3;1H2;/q-2;;;;+2. The third-order valence-electron chi connectivity index (χ3n) is 4.80. The van der Waals surface area contributed by atoms with Gasteiger partial charge in [-0.3, -0.25) is 10.8 Å². The average Bonchev–Trinajstić information content (AvgIpc) is 3.51. The van der Waals surface area contributed by atoms with E-state index in [9.17, 15) is 0 Å². The van der Waals surface area contributed by atoms with Crippen LogP contribution in [0.15, 0.2) is 91.0 Å². The summed E-state index contributed by atoms with van der Waals surface area (Å²) in [5.74, 6) is 1.24. The number of fused-ring (bicyclic) bond motifs is 2. The van der Waals surface area contributed by atoms with E-state index in [0.29, 0.717) is 11.6 Å². The maximum atomic E-state index is 7.32. The number of nitriles is 1. The largest absolute Gasteiger partial charge is 2.00 e. The second-order valence-corrected chi connectivity index (χ2v) is 7.25. The van der Waals surface area contributed by atoms with Crippen LogP contribution in [0.4, 0.5) is 0 Å². The van der Waals surface area contributed by atoms with Gasteiger partial charge in [-0.1, -0.05) is 66.7 Å². The van der Waals surface area contributed by atoms with Gasteiger partial charge < -0.3 is 25.4 Å². The molecule has 1 aliphatic carbocycles. The monoisotopic (exact) mass is 576 g/mol. The summed E-state index contributed by atoms with van der Waals surface area (Å²) in [7, 11) is 0. The van der Waals surface area contributed by atoms with Gasteiger partial charge in [-0.15, -0.1) is 0 Å². The fourth-order valence-corrected chi connectivity index (χ4v) is 3.21. The third-order valence-corrected chi connectivity index (χ3v) is 4.80. The Morgan fingerprint density at radius 3 is 1.46 bits per heavy atom.